The van der Waals surface area contributed by atoms with Crippen LogP contribution in [0.5, 0.6) is 0 Å². The summed E-state index contributed by atoms with van der Waals surface area (Å²) in [4.78, 5) is 17.4. The van der Waals surface area contributed by atoms with Gasteiger partial charge in [-0.3, -0.25) is 4.79 Å². The second-order valence-corrected chi connectivity index (χ2v) is 7.14. The fourth-order valence-corrected chi connectivity index (χ4v) is 3.83. The Hall–Kier alpha value is -1.83. The Morgan fingerprint density at radius 3 is 2.62 bits per heavy atom. The van der Waals surface area contributed by atoms with Gasteiger partial charge in [0.1, 0.15) is 11.5 Å². The minimum atomic E-state index is -4.49. The standard InChI is InChI=1S/C18H23F3N2O3/c19-18(20,21)14-5-3-6-15(22-14)23-9-7-17(8-10-23,16(24)25)12-13-4-1-2-11-26-13/h3,5-6,13H,1-2,4,7-12H2,(H,24,25). The molecule has 2 aliphatic rings. The van der Waals surface area contributed by atoms with Crippen LogP contribution in [-0.2, 0) is 15.7 Å². The smallest absolute Gasteiger partial charge is 0.433 e. The average molecular weight is 372 g/mol. The first-order valence-electron chi connectivity index (χ1n) is 8.94. The molecule has 3 heterocycles. The first-order valence-corrected chi connectivity index (χ1v) is 8.94. The molecule has 2 saturated heterocycles. The number of carboxylic acid groups (broad SMARTS) is 1. The van der Waals surface area contributed by atoms with Gasteiger partial charge in [-0.15, -0.1) is 0 Å². The summed E-state index contributed by atoms with van der Waals surface area (Å²) in [5, 5.41) is 9.79. The molecule has 5 nitrogen and oxygen atoms in total. The first-order chi connectivity index (χ1) is 12.3. The van der Waals surface area contributed by atoms with Gasteiger partial charge in [-0.25, -0.2) is 4.98 Å². The zero-order chi connectivity index (χ0) is 18.8. The molecular weight excluding hydrogens is 349 g/mol. The maximum Gasteiger partial charge on any atom is 0.433 e. The van der Waals surface area contributed by atoms with Crippen molar-refractivity contribution in [2.75, 3.05) is 24.6 Å². The van der Waals surface area contributed by atoms with Gasteiger partial charge >= 0.3 is 12.1 Å². The van der Waals surface area contributed by atoms with Crippen LogP contribution in [0.25, 0.3) is 0 Å². The van der Waals surface area contributed by atoms with Crippen LogP contribution in [-0.4, -0.2) is 41.9 Å². The van der Waals surface area contributed by atoms with Gasteiger partial charge in [-0.2, -0.15) is 13.2 Å². The molecule has 0 amide bonds. The molecule has 26 heavy (non-hydrogen) atoms. The molecule has 1 N–H and O–H groups in total. The first kappa shape index (κ1) is 18.9. The third kappa shape index (κ3) is 4.11. The summed E-state index contributed by atoms with van der Waals surface area (Å²) >= 11 is 0. The lowest BCUT2D eigenvalue weighted by Gasteiger charge is -2.41. The number of nitrogens with zero attached hydrogens (tertiary/aromatic N) is 2. The number of hydrogen-bond acceptors (Lipinski definition) is 4. The molecule has 1 unspecified atom stereocenters. The number of anilines is 1. The van der Waals surface area contributed by atoms with E-state index in [4.69, 9.17) is 4.74 Å². The molecule has 0 aliphatic carbocycles. The average Bonchev–Trinajstić information content (AvgIpc) is 2.62. The van der Waals surface area contributed by atoms with Gasteiger partial charge in [-0.05, 0) is 50.7 Å². The number of hydrogen-bond donors (Lipinski definition) is 1. The fraction of sp³-hybridized carbons (Fsp3) is 0.667. The molecule has 1 aromatic rings. The Morgan fingerprint density at radius 2 is 2.04 bits per heavy atom. The largest absolute Gasteiger partial charge is 0.481 e. The summed E-state index contributed by atoms with van der Waals surface area (Å²) in [5.74, 6) is -0.601. The molecule has 1 atom stereocenters. The number of aliphatic carboxylic acids is 1. The number of halogens is 3. The predicted octanol–water partition coefficient (Wildman–Crippen LogP) is 3.73. The summed E-state index contributed by atoms with van der Waals surface area (Å²) in [7, 11) is 0. The number of ether oxygens (including phenoxy) is 1. The number of carboxylic acids is 1. The van der Waals surface area contributed by atoms with Gasteiger partial charge < -0.3 is 14.7 Å². The van der Waals surface area contributed by atoms with E-state index in [1.807, 2.05) is 0 Å². The third-order valence-electron chi connectivity index (χ3n) is 5.42. The number of pyridine rings is 1. The lowest BCUT2D eigenvalue weighted by molar-refractivity contribution is -0.154. The van der Waals surface area contributed by atoms with Crippen molar-refractivity contribution >= 4 is 11.8 Å². The van der Waals surface area contributed by atoms with Crippen LogP contribution in [0, 0.1) is 5.41 Å². The predicted molar refractivity (Wildman–Crippen MR) is 89.0 cm³/mol. The lowest BCUT2D eigenvalue weighted by atomic mass is 9.73. The monoisotopic (exact) mass is 372 g/mol. The van der Waals surface area contributed by atoms with Crippen molar-refractivity contribution in [2.45, 2.75) is 50.8 Å². The van der Waals surface area contributed by atoms with E-state index < -0.39 is 23.3 Å². The SMILES string of the molecule is O=C(O)C1(CC2CCCCO2)CCN(c2cccc(C(F)(F)F)n2)CC1. The van der Waals surface area contributed by atoms with Crippen molar-refractivity contribution in [3.63, 3.8) is 0 Å². The highest BCUT2D eigenvalue weighted by atomic mass is 19.4. The van der Waals surface area contributed by atoms with Crippen LogP contribution in [0.15, 0.2) is 18.2 Å². The van der Waals surface area contributed by atoms with Crippen LogP contribution in [0.3, 0.4) is 0 Å². The quantitative estimate of drug-likeness (QED) is 0.873. The molecule has 0 saturated carbocycles. The van der Waals surface area contributed by atoms with Crippen LogP contribution >= 0.6 is 0 Å². The normalized spacial score (nSPS) is 23.7. The van der Waals surface area contributed by atoms with Gasteiger partial charge in [-0.1, -0.05) is 6.07 Å². The number of piperidine rings is 1. The van der Waals surface area contributed by atoms with E-state index in [2.05, 4.69) is 4.98 Å². The van der Waals surface area contributed by atoms with E-state index in [-0.39, 0.29) is 11.9 Å². The molecular formula is C18H23F3N2O3. The minimum Gasteiger partial charge on any atom is -0.481 e. The Morgan fingerprint density at radius 1 is 1.31 bits per heavy atom. The molecule has 0 spiro atoms. The molecule has 3 rings (SSSR count). The molecule has 0 aromatic carbocycles. The highest BCUT2D eigenvalue weighted by molar-refractivity contribution is 5.75. The summed E-state index contributed by atoms with van der Waals surface area (Å²) < 4.78 is 44.3. The Labute approximate surface area is 150 Å². The van der Waals surface area contributed by atoms with Crippen molar-refractivity contribution in [3.8, 4) is 0 Å². The zero-order valence-electron chi connectivity index (χ0n) is 14.5. The van der Waals surface area contributed by atoms with E-state index in [9.17, 15) is 23.1 Å². The Bertz CT molecular complexity index is 637. The van der Waals surface area contributed by atoms with Crippen molar-refractivity contribution in [1.29, 1.82) is 0 Å². The summed E-state index contributed by atoms with van der Waals surface area (Å²) in [5.41, 5.74) is -1.80. The van der Waals surface area contributed by atoms with Gasteiger partial charge in [0.25, 0.3) is 0 Å². The van der Waals surface area contributed by atoms with E-state index in [0.717, 1.165) is 25.3 Å². The van der Waals surface area contributed by atoms with Crippen LogP contribution in [0.2, 0.25) is 0 Å². The molecule has 1 aromatic heterocycles. The van der Waals surface area contributed by atoms with E-state index in [1.54, 1.807) is 4.90 Å². The topological polar surface area (TPSA) is 62.7 Å². The van der Waals surface area contributed by atoms with Gasteiger partial charge in [0.05, 0.1) is 11.5 Å². The minimum absolute atomic E-state index is 0.0434. The van der Waals surface area contributed by atoms with Crippen molar-refractivity contribution in [1.82, 2.24) is 4.98 Å². The number of carbonyl (C=O) groups is 1. The van der Waals surface area contributed by atoms with Crippen LogP contribution < -0.4 is 4.90 Å². The maximum atomic E-state index is 12.9. The third-order valence-corrected chi connectivity index (χ3v) is 5.42. The van der Waals surface area contributed by atoms with E-state index >= 15 is 0 Å². The number of alkyl halides is 3. The molecule has 2 aliphatic heterocycles. The lowest BCUT2D eigenvalue weighted by Crippen LogP contribution is -2.47. The molecule has 2 fully saturated rings. The second kappa shape index (κ2) is 7.42. The Kier molecular flexibility index (Phi) is 5.41. The van der Waals surface area contributed by atoms with Gasteiger partial charge in [0.2, 0.25) is 0 Å². The van der Waals surface area contributed by atoms with Crippen LogP contribution in [0.1, 0.15) is 44.2 Å². The maximum absolute atomic E-state index is 12.9. The van der Waals surface area contributed by atoms with Crippen molar-refractivity contribution in [2.24, 2.45) is 5.41 Å². The molecule has 0 radical (unpaired) electrons. The summed E-state index contributed by atoms with van der Waals surface area (Å²) in [6, 6.07) is 3.81. The van der Waals surface area contributed by atoms with Crippen molar-refractivity contribution < 1.29 is 27.8 Å². The van der Waals surface area contributed by atoms with E-state index in [1.165, 1.54) is 12.1 Å². The molecule has 144 valence electrons. The molecule has 0 bridgehead atoms. The van der Waals surface area contributed by atoms with E-state index in [0.29, 0.717) is 39.0 Å². The van der Waals surface area contributed by atoms with Crippen molar-refractivity contribution in [3.05, 3.63) is 23.9 Å². The second-order valence-electron chi connectivity index (χ2n) is 7.14. The highest BCUT2D eigenvalue weighted by Gasteiger charge is 2.44. The van der Waals surface area contributed by atoms with Gasteiger partial charge in [0, 0.05) is 19.7 Å². The highest BCUT2D eigenvalue weighted by Crippen LogP contribution is 2.40. The zero-order valence-corrected chi connectivity index (χ0v) is 14.5. The summed E-state index contributed by atoms with van der Waals surface area (Å²) in [6.45, 7) is 1.40. The number of rotatable bonds is 4. The molecule has 8 heteroatoms. The summed E-state index contributed by atoms with van der Waals surface area (Å²) in [6.07, 6.45) is -0.403. The van der Waals surface area contributed by atoms with Crippen LogP contribution in [0.4, 0.5) is 19.0 Å². The van der Waals surface area contributed by atoms with Gasteiger partial charge in [0.15, 0.2) is 0 Å². The Balaban J connectivity index is 1.69. The fourth-order valence-electron chi connectivity index (χ4n) is 3.83. The number of aromatic nitrogens is 1.